The number of hydrogen-bond acceptors (Lipinski definition) is 3. The van der Waals surface area contributed by atoms with Crippen LogP contribution in [0.25, 0.3) is 0 Å². The maximum atomic E-state index is 11.6. The molecule has 0 aliphatic rings. The molecule has 87 valence electrons. The van der Waals surface area contributed by atoms with Crippen LogP contribution in [-0.4, -0.2) is 33.0 Å². The Morgan fingerprint density at radius 1 is 1.31 bits per heavy atom. The number of methoxy groups -OCH3 is 2. The summed E-state index contributed by atoms with van der Waals surface area (Å²) in [5.41, 5.74) is 1.47. The third-order valence-electron chi connectivity index (χ3n) is 2.17. The van der Waals surface area contributed by atoms with Crippen LogP contribution in [0.4, 0.5) is 0 Å². The molecule has 0 aliphatic heterocycles. The Bertz CT molecular complexity index is 331. The van der Waals surface area contributed by atoms with Crippen LogP contribution in [0.1, 0.15) is 15.9 Å². The van der Waals surface area contributed by atoms with Crippen molar-refractivity contribution in [2.75, 3.05) is 20.8 Å². The normalized spacial score (nSPS) is 10.5. The van der Waals surface area contributed by atoms with Gasteiger partial charge in [0, 0.05) is 19.8 Å². The van der Waals surface area contributed by atoms with Gasteiger partial charge in [0.1, 0.15) is 0 Å². The lowest BCUT2D eigenvalue weighted by molar-refractivity contribution is -0.0974. The quantitative estimate of drug-likeness (QED) is 0.762. The number of nitrogens with one attached hydrogen (secondary N) is 1. The molecule has 0 heterocycles. The van der Waals surface area contributed by atoms with Gasteiger partial charge < -0.3 is 14.8 Å². The highest BCUT2D eigenvalue weighted by Gasteiger charge is 2.09. The lowest BCUT2D eigenvalue weighted by Crippen LogP contribution is -2.34. The van der Waals surface area contributed by atoms with E-state index in [1.165, 1.54) is 14.2 Å². The first-order valence-electron chi connectivity index (χ1n) is 4.93. The fourth-order valence-corrected chi connectivity index (χ4v) is 1.20. The van der Waals surface area contributed by atoms with Crippen molar-refractivity contribution in [1.29, 1.82) is 0 Å². The lowest BCUT2D eigenvalue weighted by Gasteiger charge is -2.13. The van der Waals surface area contributed by atoms with Crippen LogP contribution in [0.5, 0.6) is 0 Å². The molecule has 1 radical (unpaired) electrons. The first kappa shape index (κ1) is 12.7. The van der Waals surface area contributed by atoms with E-state index in [9.17, 15) is 4.79 Å². The monoisotopic (exact) mass is 222 g/mol. The Morgan fingerprint density at radius 3 is 2.38 bits per heavy atom. The minimum absolute atomic E-state index is 0.154. The average molecular weight is 222 g/mol. The predicted octanol–water partition coefficient (Wildman–Crippen LogP) is 1.22. The SMILES string of the molecule is [CH2]c1ccc(C(=O)NCC(OC)OC)cc1. The van der Waals surface area contributed by atoms with E-state index in [0.717, 1.165) is 5.56 Å². The summed E-state index contributed by atoms with van der Waals surface area (Å²) in [7, 11) is 3.05. The van der Waals surface area contributed by atoms with E-state index in [2.05, 4.69) is 12.2 Å². The summed E-state index contributed by atoms with van der Waals surface area (Å²) in [4.78, 5) is 11.6. The summed E-state index contributed by atoms with van der Waals surface area (Å²) >= 11 is 0. The Hall–Kier alpha value is -1.39. The molecule has 0 fully saturated rings. The van der Waals surface area contributed by atoms with Crippen LogP contribution in [0.2, 0.25) is 0 Å². The summed E-state index contributed by atoms with van der Waals surface area (Å²) in [5, 5.41) is 2.71. The van der Waals surface area contributed by atoms with Crippen LogP contribution < -0.4 is 5.32 Å². The zero-order valence-corrected chi connectivity index (χ0v) is 9.53. The van der Waals surface area contributed by atoms with Gasteiger partial charge in [-0.3, -0.25) is 4.79 Å². The Kier molecular flexibility index (Phi) is 4.95. The summed E-state index contributed by atoms with van der Waals surface area (Å²) in [6.07, 6.45) is -0.420. The maximum absolute atomic E-state index is 11.6. The van der Waals surface area contributed by atoms with Gasteiger partial charge in [0.25, 0.3) is 5.91 Å². The van der Waals surface area contributed by atoms with Crippen molar-refractivity contribution in [3.05, 3.63) is 42.3 Å². The summed E-state index contributed by atoms with van der Waals surface area (Å²) < 4.78 is 9.92. The number of ether oxygens (including phenoxy) is 2. The van der Waals surface area contributed by atoms with Crippen LogP contribution in [0.3, 0.4) is 0 Å². The predicted molar refractivity (Wildman–Crippen MR) is 61.0 cm³/mol. The van der Waals surface area contributed by atoms with Crippen molar-refractivity contribution in [2.45, 2.75) is 6.29 Å². The third-order valence-corrected chi connectivity index (χ3v) is 2.17. The van der Waals surface area contributed by atoms with Crippen LogP contribution >= 0.6 is 0 Å². The molecule has 0 aliphatic carbocycles. The van der Waals surface area contributed by atoms with Gasteiger partial charge in [-0.2, -0.15) is 0 Å². The van der Waals surface area contributed by atoms with Gasteiger partial charge in [0.15, 0.2) is 6.29 Å². The van der Waals surface area contributed by atoms with Crippen molar-refractivity contribution in [3.63, 3.8) is 0 Å². The summed E-state index contributed by atoms with van der Waals surface area (Å²) in [6, 6.07) is 7.04. The molecule has 0 atom stereocenters. The molecule has 0 aromatic heterocycles. The van der Waals surface area contributed by atoms with Gasteiger partial charge in [-0.05, 0) is 24.6 Å². The molecule has 1 amide bonds. The highest BCUT2D eigenvalue weighted by Crippen LogP contribution is 2.02. The van der Waals surface area contributed by atoms with Gasteiger partial charge in [-0.1, -0.05) is 12.1 Å². The molecule has 0 unspecified atom stereocenters. The van der Waals surface area contributed by atoms with Gasteiger partial charge in [-0.25, -0.2) is 0 Å². The number of amides is 1. The molecule has 1 N–H and O–H groups in total. The molecule has 1 aromatic rings. The molecule has 4 heteroatoms. The van der Waals surface area contributed by atoms with E-state index in [4.69, 9.17) is 9.47 Å². The molecule has 1 rings (SSSR count). The highest BCUT2D eigenvalue weighted by molar-refractivity contribution is 5.94. The largest absolute Gasteiger partial charge is 0.354 e. The molecule has 0 bridgehead atoms. The average Bonchev–Trinajstić information content (AvgIpc) is 2.31. The molecule has 0 spiro atoms. The first-order chi connectivity index (χ1) is 7.67. The van der Waals surface area contributed by atoms with Crippen molar-refractivity contribution in [2.24, 2.45) is 0 Å². The van der Waals surface area contributed by atoms with Crippen LogP contribution in [-0.2, 0) is 9.47 Å². The Balaban J connectivity index is 2.49. The number of benzene rings is 1. The van der Waals surface area contributed by atoms with Gasteiger partial charge >= 0.3 is 0 Å². The Morgan fingerprint density at radius 2 is 1.88 bits per heavy atom. The molecule has 1 aromatic carbocycles. The van der Waals surface area contributed by atoms with Gasteiger partial charge in [-0.15, -0.1) is 0 Å². The topological polar surface area (TPSA) is 47.6 Å². The van der Waals surface area contributed by atoms with Gasteiger partial charge in [0.2, 0.25) is 0 Å². The van der Waals surface area contributed by atoms with Crippen molar-refractivity contribution in [3.8, 4) is 0 Å². The Labute approximate surface area is 95.6 Å². The molecular weight excluding hydrogens is 206 g/mol. The van der Waals surface area contributed by atoms with E-state index in [0.29, 0.717) is 12.1 Å². The van der Waals surface area contributed by atoms with Crippen molar-refractivity contribution < 1.29 is 14.3 Å². The second-order valence-corrected chi connectivity index (χ2v) is 3.31. The molecule has 16 heavy (non-hydrogen) atoms. The van der Waals surface area contributed by atoms with E-state index in [-0.39, 0.29) is 5.91 Å². The van der Waals surface area contributed by atoms with Crippen LogP contribution in [0.15, 0.2) is 24.3 Å². The fourth-order valence-electron chi connectivity index (χ4n) is 1.20. The second kappa shape index (κ2) is 6.25. The first-order valence-corrected chi connectivity index (χ1v) is 4.93. The highest BCUT2D eigenvalue weighted by atomic mass is 16.7. The lowest BCUT2D eigenvalue weighted by atomic mass is 10.1. The second-order valence-electron chi connectivity index (χ2n) is 3.31. The zero-order chi connectivity index (χ0) is 12.0. The minimum atomic E-state index is -0.420. The number of carbonyl (C=O) groups is 1. The molecule has 0 saturated heterocycles. The van der Waals surface area contributed by atoms with Crippen molar-refractivity contribution >= 4 is 5.91 Å². The zero-order valence-electron chi connectivity index (χ0n) is 9.53. The van der Waals surface area contributed by atoms with Gasteiger partial charge in [0.05, 0.1) is 6.54 Å². The molecular formula is C12H16NO3. The smallest absolute Gasteiger partial charge is 0.251 e. The summed E-state index contributed by atoms with van der Waals surface area (Å²) in [6.45, 7) is 4.07. The standard InChI is InChI=1S/C12H16NO3/c1-9-4-6-10(7-5-9)12(14)13-8-11(15-2)16-3/h4-7,11H,1,8H2,2-3H3,(H,13,14). The fraction of sp³-hybridized carbons (Fsp3) is 0.333. The molecule has 0 saturated carbocycles. The third kappa shape index (κ3) is 3.64. The van der Waals surface area contributed by atoms with E-state index >= 15 is 0 Å². The summed E-state index contributed by atoms with van der Waals surface area (Å²) in [5.74, 6) is -0.154. The van der Waals surface area contributed by atoms with E-state index in [1.54, 1.807) is 24.3 Å². The number of rotatable bonds is 5. The van der Waals surface area contributed by atoms with Crippen molar-refractivity contribution in [1.82, 2.24) is 5.32 Å². The number of hydrogen-bond donors (Lipinski definition) is 1. The number of carbonyl (C=O) groups excluding carboxylic acids is 1. The van der Waals surface area contributed by atoms with Crippen LogP contribution in [0, 0.1) is 6.92 Å². The minimum Gasteiger partial charge on any atom is -0.354 e. The van der Waals surface area contributed by atoms with E-state index < -0.39 is 6.29 Å². The molecule has 4 nitrogen and oxygen atoms in total. The maximum Gasteiger partial charge on any atom is 0.251 e. The van der Waals surface area contributed by atoms with E-state index in [1.807, 2.05) is 0 Å².